The molecule has 2 heterocycles. The quantitative estimate of drug-likeness (QED) is 0.693. The highest BCUT2D eigenvalue weighted by Gasteiger charge is 2.19. The van der Waals surface area contributed by atoms with Crippen LogP contribution in [0, 0.1) is 17.1 Å². The van der Waals surface area contributed by atoms with Crippen molar-refractivity contribution in [3.63, 3.8) is 0 Å². The van der Waals surface area contributed by atoms with Crippen LogP contribution in [0.3, 0.4) is 0 Å². The molecule has 25 heavy (non-hydrogen) atoms. The molecular formula is C17H14ClFN4O2. The van der Waals surface area contributed by atoms with Crippen molar-refractivity contribution in [1.29, 1.82) is 5.26 Å². The van der Waals surface area contributed by atoms with Crippen LogP contribution in [0.2, 0.25) is 5.02 Å². The first-order valence-corrected chi connectivity index (χ1v) is 7.79. The molecule has 0 aliphatic rings. The van der Waals surface area contributed by atoms with Crippen molar-refractivity contribution in [3.8, 4) is 23.8 Å². The second-order valence-electron chi connectivity index (χ2n) is 5.16. The maximum atomic E-state index is 14.5. The fraction of sp³-hybridized carbons (Fsp3) is 0.235. The number of fused-ring (bicyclic) bond motifs is 1. The zero-order valence-corrected chi connectivity index (χ0v) is 14.3. The molecule has 8 heteroatoms. The van der Waals surface area contributed by atoms with E-state index >= 15 is 0 Å². The Bertz CT molecular complexity index is 956. The Morgan fingerprint density at radius 3 is 2.48 bits per heavy atom. The van der Waals surface area contributed by atoms with E-state index in [9.17, 15) is 4.39 Å². The summed E-state index contributed by atoms with van der Waals surface area (Å²) in [4.78, 5) is 8.69. The number of aromatic nitrogens is 3. The smallest absolute Gasteiger partial charge is 0.240 e. The van der Waals surface area contributed by atoms with E-state index in [0.29, 0.717) is 17.4 Å². The highest BCUT2D eigenvalue weighted by Crippen LogP contribution is 2.31. The lowest BCUT2D eigenvalue weighted by Gasteiger charge is -2.13. The summed E-state index contributed by atoms with van der Waals surface area (Å²) in [7, 11) is 2.93. The van der Waals surface area contributed by atoms with Gasteiger partial charge in [0.05, 0.1) is 36.4 Å². The van der Waals surface area contributed by atoms with E-state index < -0.39 is 5.82 Å². The summed E-state index contributed by atoms with van der Waals surface area (Å²) < 4.78 is 26.6. The molecule has 3 rings (SSSR count). The molecule has 0 spiro atoms. The molecule has 0 aliphatic heterocycles. The van der Waals surface area contributed by atoms with Gasteiger partial charge in [-0.3, -0.25) is 4.57 Å². The summed E-state index contributed by atoms with van der Waals surface area (Å²) in [6, 6.07) is 7.01. The van der Waals surface area contributed by atoms with Crippen molar-refractivity contribution >= 4 is 22.5 Å². The van der Waals surface area contributed by atoms with Gasteiger partial charge in [-0.25, -0.2) is 4.39 Å². The molecule has 0 bridgehead atoms. The third-order valence-corrected chi connectivity index (χ3v) is 4.04. The number of hydrogen-bond donors (Lipinski definition) is 0. The van der Waals surface area contributed by atoms with Crippen LogP contribution >= 0.6 is 11.6 Å². The molecule has 128 valence electrons. The lowest BCUT2D eigenvalue weighted by Crippen LogP contribution is -2.08. The van der Waals surface area contributed by atoms with Crippen molar-refractivity contribution in [2.45, 2.75) is 12.8 Å². The van der Waals surface area contributed by atoms with E-state index in [1.165, 1.54) is 24.9 Å². The van der Waals surface area contributed by atoms with Gasteiger partial charge in [0.1, 0.15) is 0 Å². The van der Waals surface area contributed by atoms with E-state index in [1.54, 1.807) is 18.3 Å². The summed E-state index contributed by atoms with van der Waals surface area (Å²) >= 11 is 5.89. The number of ether oxygens (including phenoxy) is 2. The van der Waals surface area contributed by atoms with E-state index in [2.05, 4.69) is 16.0 Å². The van der Waals surface area contributed by atoms with Gasteiger partial charge in [0.25, 0.3) is 0 Å². The molecule has 2 aromatic heterocycles. The summed E-state index contributed by atoms with van der Waals surface area (Å²) in [6.07, 6.45) is 2.30. The summed E-state index contributed by atoms with van der Waals surface area (Å²) in [5, 5.41) is 9.48. The van der Waals surface area contributed by atoms with E-state index in [4.69, 9.17) is 26.3 Å². The predicted octanol–water partition coefficient (Wildman–Crippen LogP) is 3.69. The number of rotatable bonds is 5. The normalized spacial score (nSPS) is 10.7. The molecule has 0 saturated carbocycles. The second kappa shape index (κ2) is 6.95. The van der Waals surface area contributed by atoms with Gasteiger partial charge in [-0.1, -0.05) is 17.7 Å². The van der Waals surface area contributed by atoms with E-state index in [1.807, 2.05) is 0 Å². The predicted molar refractivity (Wildman–Crippen MR) is 90.9 cm³/mol. The molecule has 1 aromatic carbocycles. The van der Waals surface area contributed by atoms with Gasteiger partial charge in [-0.2, -0.15) is 15.2 Å². The summed E-state index contributed by atoms with van der Waals surface area (Å²) in [5.74, 6) is 0.188. The zero-order valence-electron chi connectivity index (χ0n) is 13.6. The van der Waals surface area contributed by atoms with Crippen LogP contribution < -0.4 is 9.47 Å². The minimum absolute atomic E-state index is 0.0111. The number of halogens is 2. The van der Waals surface area contributed by atoms with Gasteiger partial charge >= 0.3 is 0 Å². The minimum atomic E-state index is -0.556. The third-order valence-electron chi connectivity index (χ3n) is 3.75. The van der Waals surface area contributed by atoms with Gasteiger partial charge < -0.3 is 9.47 Å². The first-order chi connectivity index (χ1) is 12.1. The van der Waals surface area contributed by atoms with Crippen LogP contribution in [0.4, 0.5) is 4.39 Å². The van der Waals surface area contributed by atoms with Crippen molar-refractivity contribution in [1.82, 2.24) is 14.5 Å². The SMILES string of the molecule is COc1nc(-n2ccc3ccc(Cl)c(F)c32)nc(OC)c1CCC#N. The Hall–Kier alpha value is -2.85. The van der Waals surface area contributed by atoms with Gasteiger partial charge in [0.15, 0.2) is 5.82 Å². The van der Waals surface area contributed by atoms with Crippen molar-refractivity contribution < 1.29 is 13.9 Å². The maximum absolute atomic E-state index is 14.5. The van der Waals surface area contributed by atoms with Crippen LogP contribution in [0.15, 0.2) is 24.4 Å². The number of nitriles is 1. The number of benzene rings is 1. The third kappa shape index (κ3) is 2.96. The van der Waals surface area contributed by atoms with Crippen molar-refractivity contribution in [3.05, 3.63) is 40.8 Å². The second-order valence-corrected chi connectivity index (χ2v) is 5.57. The van der Waals surface area contributed by atoms with Crippen LogP contribution in [0.25, 0.3) is 16.9 Å². The van der Waals surface area contributed by atoms with Crippen LogP contribution in [0.1, 0.15) is 12.0 Å². The Morgan fingerprint density at radius 2 is 1.88 bits per heavy atom. The molecule has 3 aromatic rings. The molecular weight excluding hydrogens is 347 g/mol. The molecule has 6 nitrogen and oxygen atoms in total. The van der Waals surface area contributed by atoms with Gasteiger partial charge in [-0.15, -0.1) is 0 Å². The largest absolute Gasteiger partial charge is 0.481 e. The van der Waals surface area contributed by atoms with E-state index in [-0.39, 0.29) is 34.7 Å². The Kier molecular flexibility index (Phi) is 4.72. The first kappa shape index (κ1) is 17.0. The lowest BCUT2D eigenvalue weighted by molar-refractivity contribution is 0.361. The molecule has 0 atom stereocenters. The van der Waals surface area contributed by atoms with Crippen molar-refractivity contribution in [2.75, 3.05) is 14.2 Å². The monoisotopic (exact) mass is 360 g/mol. The lowest BCUT2D eigenvalue weighted by atomic mass is 10.2. The highest BCUT2D eigenvalue weighted by molar-refractivity contribution is 6.31. The fourth-order valence-electron chi connectivity index (χ4n) is 2.60. The Balaban J connectivity index is 2.22. The van der Waals surface area contributed by atoms with Crippen LogP contribution in [-0.4, -0.2) is 28.8 Å². The van der Waals surface area contributed by atoms with E-state index in [0.717, 1.165) is 0 Å². The highest BCUT2D eigenvalue weighted by atomic mass is 35.5. The van der Waals surface area contributed by atoms with Crippen LogP contribution in [-0.2, 0) is 6.42 Å². The average molecular weight is 361 g/mol. The minimum Gasteiger partial charge on any atom is -0.481 e. The zero-order chi connectivity index (χ0) is 18.0. The number of methoxy groups -OCH3 is 2. The molecule has 0 fully saturated rings. The van der Waals surface area contributed by atoms with Crippen LogP contribution in [0.5, 0.6) is 11.8 Å². The maximum Gasteiger partial charge on any atom is 0.240 e. The standard InChI is InChI=1S/C17H14ClFN4O2/c1-24-15-11(4-3-8-20)16(25-2)22-17(21-15)23-9-7-10-5-6-12(18)13(19)14(10)23/h5-7,9H,3-4H2,1-2H3. The Morgan fingerprint density at radius 1 is 1.20 bits per heavy atom. The average Bonchev–Trinajstić information content (AvgIpc) is 3.07. The Labute approximate surface area is 148 Å². The molecule has 0 radical (unpaired) electrons. The molecule has 0 unspecified atom stereocenters. The van der Waals surface area contributed by atoms with Crippen molar-refractivity contribution in [2.24, 2.45) is 0 Å². The molecule has 0 saturated heterocycles. The number of nitrogens with zero attached hydrogens (tertiary/aromatic N) is 4. The summed E-state index contributed by atoms with van der Waals surface area (Å²) in [5.41, 5.74) is 0.853. The van der Waals surface area contributed by atoms with Gasteiger partial charge in [-0.05, 0) is 18.6 Å². The summed E-state index contributed by atoms with van der Waals surface area (Å²) in [6.45, 7) is 0. The first-order valence-electron chi connectivity index (χ1n) is 7.42. The van der Waals surface area contributed by atoms with Gasteiger partial charge in [0, 0.05) is 18.0 Å². The fourth-order valence-corrected chi connectivity index (χ4v) is 2.76. The number of hydrogen-bond acceptors (Lipinski definition) is 5. The molecule has 0 aliphatic carbocycles. The molecule has 0 N–H and O–H groups in total. The molecule has 0 amide bonds. The topological polar surface area (TPSA) is 73.0 Å². The van der Waals surface area contributed by atoms with Gasteiger partial charge in [0.2, 0.25) is 17.7 Å².